The molecular weight excluding hydrogens is 346 g/mol. The molecule has 0 aliphatic carbocycles. The summed E-state index contributed by atoms with van der Waals surface area (Å²) in [7, 11) is 0. The number of furan rings is 1. The molecule has 1 atom stereocenters. The zero-order valence-electron chi connectivity index (χ0n) is 15.7. The molecule has 0 spiro atoms. The standard InChI is InChI=1S/C20H25N3O4/c1-4-14-8-5-6-9-15(14)22-17(24)12-21-20(26)18(13(2)3)23-19(25)16-10-7-11-27-16/h5-11,13,18H,4,12H2,1-3H3,(H,21,26)(H,22,24)(H,23,25). The highest BCUT2D eigenvalue weighted by molar-refractivity contribution is 5.98. The van der Waals surface area contributed by atoms with E-state index in [2.05, 4.69) is 16.0 Å². The Hall–Kier alpha value is -3.09. The van der Waals surface area contributed by atoms with E-state index in [1.165, 1.54) is 12.3 Å². The minimum absolute atomic E-state index is 0.127. The van der Waals surface area contributed by atoms with E-state index < -0.39 is 17.9 Å². The molecule has 1 aromatic heterocycles. The van der Waals surface area contributed by atoms with Gasteiger partial charge in [0.2, 0.25) is 11.8 Å². The predicted molar refractivity (Wildman–Crippen MR) is 102 cm³/mol. The van der Waals surface area contributed by atoms with Gasteiger partial charge in [-0.05, 0) is 36.1 Å². The molecule has 0 saturated carbocycles. The molecule has 1 unspecified atom stereocenters. The van der Waals surface area contributed by atoms with Gasteiger partial charge in [0.1, 0.15) is 6.04 Å². The maximum absolute atomic E-state index is 12.4. The average Bonchev–Trinajstić information content (AvgIpc) is 3.19. The summed E-state index contributed by atoms with van der Waals surface area (Å²) < 4.78 is 5.03. The molecule has 0 radical (unpaired) electrons. The lowest BCUT2D eigenvalue weighted by Crippen LogP contribution is -2.51. The lowest BCUT2D eigenvalue weighted by Gasteiger charge is -2.21. The zero-order chi connectivity index (χ0) is 19.8. The molecule has 1 heterocycles. The lowest BCUT2D eigenvalue weighted by atomic mass is 10.0. The van der Waals surface area contributed by atoms with Crippen LogP contribution in [0.2, 0.25) is 0 Å². The van der Waals surface area contributed by atoms with Crippen molar-refractivity contribution in [1.82, 2.24) is 10.6 Å². The highest BCUT2D eigenvalue weighted by Crippen LogP contribution is 2.15. The summed E-state index contributed by atoms with van der Waals surface area (Å²) in [6.07, 6.45) is 2.18. The largest absolute Gasteiger partial charge is 0.459 e. The first-order chi connectivity index (χ1) is 12.9. The SMILES string of the molecule is CCc1ccccc1NC(=O)CNC(=O)C(NC(=O)c1ccco1)C(C)C. The molecule has 0 aliphatic rings. The lowest BCUT2D eigenvalue weighted by molar-refractivity contribution is -0.126. The number of para-hydroxylation sites is 1. The number of hydrogen-bond donors (Lipinski definition) is 3. The minimum atomic E-state index is -0.779. The fourth-order valence-electron chi connectivity index (χ4n) is 2.58. The van der Waals surface area contributed by atoms with Crippen LogP contribution in [0.3, 0.4) is 0 Å². The van der Waals surface area contributed by atoms with Crippen molar-refractivity contribution >= 4 is 23.4 Å². The van der Waals surface area contributed by atoms with Gasteiger partial charge >= 0.3 is 0 Å². The van der Waals surface area contributed by atoms with Crippen molar-refractivity contribution in [2.45, 2.75) is 33.2 Å². The van der Waals surface area contributed by atoms with E-state index in [1.54, 1.807) is 6.07 Å². The van der Waals surface area contributed by atoms with Gasteiger partial charge in [0, 0.05) is 5.69 Å². The number of benzene rings is 1. The van der Waals surface area contributed by atoms with Crippen LogP contribution in [0.15, 0.2) is 47.1 Å². The summed E-state index contributed by atoms with van der Waals surface area (Å²) in [5.74, 6) is -1.27. The summed E-state index contributed by atoms with van der Waals surface area (Å²) in [5, 5.41) is 8.00. The maximum atomic E-state index is 12.4. The second-order valence-corrected chi connectivity index (χ2v) is 6.45. The molecule has 7 nitrogen and oxygen atoms in total. The summed E-state index contributed by atoms with van der Waals surface area (Å²) in [5.41, 5.74) is 1.74. The molecule has 0 fully saturated rings. The number of carbonyl (C=O) groups is 3. The van der Waals surface area contributed by atoms with Gasteiger partial charge < -0.3 is 20.4 Å². The van der Waals surface area contributed by atoms with Crippen LogP contribution in [0.25, 0.3) is 0 Å². The van der Waals surface area contributed by atoms with Gasteiger partial charge in [-0.2, -0.15) is 0 Å². The van der Waals surface area contributed by atoms with Crippen LogP contribution in [-0.2, 0) is 16.0 Å². The molecular formula is C20H25N3O4. The quantitative estimate of drug-likeness (QED) is 0.663. The van der Waals surface area contributed by atoms with Gasteiger partial charge in [-0.25, -0.2) is 0 Å². The van der Waals surface area contributed by atoms with Crippen LogP contribution in [0.1, 0.15) is 36.9 Å². The van der Waals surface area contributed by atoms with E-state index in [-0.39, 0.29) is 24.1 Å². The Kier molecular flexibility index (Phi) is 7.16. The van der Waals surface area contributed by atoms with Gasteiger partial charge in [-0.1, -0.05) is 39.0 Å². The summed E-state index contributed by atoms with van der Waals surface area (Å²) in [6.45, 7) is 5.44. The molecule has 1 aromatic carbocycles. The topological polar surface area (TPSA) is 100 Å². The molecule has 144 valence electrons. The van der Waals surface area contributed by atoms with E-state index in [9.17, 15) is 14.4 Å². The Morgan fingerprint density at radius 3 is 2.44 bits per heavy atom. The predicted octanol–water partition coefficient (Wildman–Crippen LogP) is 2.35. The Labute approximate surface area is 158 Å². The van der Waals surface area contributed by atoms with Gasteiger partial charge in [-0.15, -0.1) is 0 Å². The fourth-order valence-corrected chi connectivity index (χ4v) is 2.58. The summed E-state index contributed by atoms with van der Waals surface area (Å²) >= 11 is 0. The van der Waals surface area contributed by atoms with Crippen molar-refractivity contribution in [3.63, 3.8) is 0 Å². The van der Waals surface area contributed by atoms with Gasteiger partial charge in [0.05, 0.1) is 12.8 Å². The Bertz CT molecular complexity index is 784. The first kappa shape index (κ1) is 20.2. The maximum Gasteiger partial charge on any atom is 0.287 e. The molecule has 27 heavy (non-hydrogen) atoms. The minimum Gasteiger partial charge on any atom is -0.459 e. The van der Waals surface area contributed by atoms with Crippen LogP contribution in [0.4, 0.5) is 5.69 Å². The van der Waals surface area contributed by atoms with Crippen molar-refractivity contribution in [3.05, 3.63) is 54.0 Å². The second kappa shape index (κ2) is 9.56. The van der Waals surface area contributed by atoms with Crippen molar-refractivity contribution in [2.75, 3.05) is 11.9 Å². The van der Waals surface area contributed by atoms with Gasteiger partial charge in [-0.3, -0.25) is 14.4 Å². The Morgan fingerprint density at radius 1 is 1.07 bits per heavy atom. The fraction of sp³-hybridized carbons (Fsp3) is 0.350. The number of hydrogen-bond acceptors (Lipinski definition) is 4. The van der Waals surface area contributed by atoms with Crippen LogP contribution in [0, 0.1) is 5.92 Å². The molecule has 0 bridgehead atoms. The number of anilines is 1. The first-order valence-electron chi connectivity index (χ1n) is 8.92. The van der Waals surface area contributed by atoms with E-state index in [1.807, 2.05) is 45.0 Å². The third-order valence-electron chi connectivity index (χ3n) is 4.08. The molecule has 7 heteroatoms. The van der Waals surface area contributed by atoms with Crippen LogP contribution < -0.4 is 16.0 Å². The Balaban J connectivity index is 1.91. The molecule has 0 saturated heterocycles. The van der Waals surface area contributed by atoms with Crippen LogP contribution >= 0.6 is 0 Å². The third kappa shape index (κ3) is 5.70. The summed E-state index contributed by atoms with van der Waals surface area (Å²) in [4.78, 5) is 36.7. The average molecular weight is 371 g/mol. The monoisotopic (exact) mass is 371 g/mol. The second-order valence-electron chi connectivity index (χ2n) is 6.45. The van der Waals surface area contributed by atoms with E-state index in [4.69, 9.17) is 4.42 Å². The van der Waals surface area contributed by atoms with Crippen molar-refractivity contribution < 1.29 is 18.8 Å². The highest BCUT2D eigenvalue weighted by Gasteiger charge is 2.25. The molecule has 2 rings (SSSR count). The van der Waals surface area contributed by atoms with Gasteiger partial charge in [0.15, 0.2) is 5.76 Å². The molecule has 3 amide bonds. The smallest absolute Gasteiger partial charge is 0.287 e. The molecule has 0 aliphatic heterocycles. The zero-order valence-corrected chi connectivity index (χ0v) is 15.7. The number of rotatable bonds is 8. The van der Waals surface area contributed by atoms with Gasteiger partial charge in [0.25, 0.3) is 5.91 Å². The third-order valence-corrected chi connectivity index (χ3v) is 4.08. The first-order valence-corrected chi connectivity index (χ1v) is 8.92. The number of nitrogens with one attached hydrogen (secondary N) is 3. The van der Waals surface area contributed by atoms with E-state index >= 15 is 0 Å². The summed E-state index contributed by atoms with van der Waals surface area (Å²) in [6, 6.07) is 9.84. The molecule has 2 aromatic rings. The number of carbonyl (C=O) groups excluding carboxylic acids is 3. The normalized spacial score (nSPS) is 11.7. The van der Waals surface area contributed by atoms with Crippen LogP contribution in [-0.4, -0.2) is 30.3 Å². The van der Waals surface area contributed by atoms with Crippen molar-refractivity contribution in [3.8, 4) is 0 Å². The number of amides is 3. The Morgan fingerprint density at radius 2 is 1.81 bits per heavy atom. The molecule has 3 N–H and O–H groups in total. The van der Waals surface area contributed by atoms with Crippen molar-refractivity contribution in [1.29, 1.82) is 0 Å². The van der Waals surface area contributed by atoms with E-state index in [0.29, 0.717) is 0 Å². The van der Waals surface area contributed by atoms with E-state index in [0.717, 1.165) is 17.7 Å². The highest BCUT2D eigenvalue weighted by atomic mass is 16.3. The van der Waals surface area contributed by atoms with Crippen molar-refractivity contribution in [2.24, 2.45) is 5.92 Å². The number of aryl methyl sites for hydroxylation is 1. The van der Waals surface area contributed by atoms with Crippen LogP contribution in [0.5, 0.6) is 0 Å².